The summed E-state index contributed by atoms with van der Waals surface area (Å²) >= 11 is 5.90. The number of benzene rings is 1. The molecule has 2 unspecified atom stereocenters. The van der Waals surface area contributed by atoms with Crippen LogP contribution in [0.5, 0.6) is 5.75 Å². The molecular weight excluding hydrogens is 302 g/mol. The van der Waals surface area contributed by atoms with Crippen LogP contribution in [-0.2, 0) is 0 Å². The van der Waals surface area contributed by atoms with Gasteiger partial charge in [-0.3, -0.25) is 0 Å². The Labute approximate surface area is 135 Å². The largest absolute Gasteiger partial charge is 0.466 e. The minimum absolute atomic E-state index is 0.372. The zero-order valence-corrected chi connectivity index (χ0v) is 14.3. The maximum Gasteiger partial charge on any atom is 0.219 e. The number of aliphatic hydroxyl groups is 1. The van der Waals surface area contributed by atoms with Crippen LogP contribution in [0.1, 0.15) is 38.6 Å². The molecule has 6 heteroatoms. The summed E-state index contributed by atoms with van der Waals surface area (Å²) in [4.78, 5) is 4.29. The van der Waals surface area contributed by atoms with Gasteiger partial charge in [-0.15, -0.1) is 0 Å². The van der Waals surface area contributed by atoms with E-state index in [0.717, 1.165) is 0 Å². The summed E-state index contributed by atoms with van der Waals surface area (Å²) in [5, 5.41) is 15.7. The Balaban J connectivity index is 2.37. The number of aryl methyl sites for hydroxylation is 2. The number of rotatable bonds is 4. The predicted molar refractivity (Wildman–Crippen MR) is 86.1 cm³/mol. The molecule has 120 valence electrons. The van der Waals surface area contributed by atoms with Gasteiger partial charge in [0, 0.05) is 5.02 Å². The molecule has 0 aliphatic rings. The molecule has 5 nitrogen and oxygen atoms in total. The molecule has 1 aromatic carbocycles. The lowest BCUT2D eigenvalue weighted by molar-refractivity contribution is -0.0740. The van der Waals surface area contributed by atoms with Gasteiger partial charge in [-0.25, -0.2) is 9.67 Å². The maximum absolute atomic E-state index is 10.7. The third-order valence-corrected chi connectivity index (χ3v) is 3.63. The first-order chi connectivity index (χ1) is 10.2. The molecule has 0 aliphatic heterocycles. The van der Waals surface area contributed by atoms with Crippen LogP contribution >= 0.6 is 11.6 Å². The summed E-state index contributed by atoms with van der Waals surface area (Å²) in [5.41, 5.74) is -0.372. The van der Waals surface area contributed by atoms with Gasteiger partial charge in [0.15, 0.2) is 0 Å². The SMILES string of the molecule is Cc1nc(C)n(C(Oc2ccc(Cl)cc2)C(O)C(C)(C)C)n1. The fourth-order valence-corrected chi connectivity index (χ4v) is 2.23. The van der Waals surface area contributed by atoms with Gasteiger partial charge in [0.05, 0.1) is 0 Å². The predicted octanol–water partition coefficient (Wildman–Crippen LogP) is 3.53. The molecule has 0 saturated heterocycles. The molecule has 1 heterocycles. The van der Waals surface area contributed by atoms with E-state index in [1.165, 1.54) is 0 Å². The smallest absolute Gasteiger partial charge is 0.219 e. The first-order valence-corrected chi connectivity index (χ1v) is 7.56. The fourth-order valence-electron chi connectivity index (χ4n) is 2.11. The van der Waals surface area contributed by atoms with Crippen LogP contribution in [0.4, 0.5) is 0 Å². The Morgan fingerprint density at radius 2 is 1.77 bits per heavy atom. The molecule has 0 saturated carbocycles. The van der Waals surface area contributed by atoms with Gasteiger partial charge in [-0.2, -0.15) is 5.10 Å². The van der Waals surface area contributed by atoms with Gasteiger partial charge in [0.2, 0.25) is 6.23 Å². The Bertz CT molecular complexity index is 632. The minimum Gasteiger partial charge on any atom is -0.466 e. The number of aromatic nitrogens is 3. The Kier molecular flexibility index (Phi) is 4.78. The zero-order chi connectivity index (χ0) is 16.5. The van der Waals surface area contributed by atoms with E-state index in [1.807, 2.05) is 34.6 Å². The van der Waals surface area contributed by atoms with Crippen molar-refractivity contribution in [2.45, 2.75) is 47.0 Å². The number of halogens is 1. The van der Waals surface area contributed by atoms with Crippen molar-refractivity contribution < 1.29 is 9.84 Å². The number of nitrogens with zero attached hydrogens (tertiary/aromatic N) is 3. The van der Waals surface area contributed by atoms with Crippen molar-refractivity contribution in [3.05, 3.63) is 40.9 Å². The molecule has 0 aliphatic carbocycles. The number of hydrogen-bond acceptors (Lipinski definition) is 4. The highest BCUT2D eigenvalue weighted by Gasteiger charge is 2.35. The molecule has 0 amide bonds. The van der Waals surface area contributed by atoms with E-state index in [4.69, 9.17) is 16.3 Å². The number of hydrogen-bond donors (Lipinski definition) is 1. The highest BCUT2D eigenvalue weighted by molar-refractivity contribution is 6.30. The van der Waals surface area contributed by atoms with Gasteiger partial charge in [0.1, 0.15) is 23.5 Å². The van der Waals surface area contributed by atoms with E-state index in [1.54, 1.807) is 28.9 Å². The van der Waals surface area contributed by atoms with E-state index in [9.17, 15) is 5.11 Å². The maximum atomic E-state index is 10.7. The molecular formula is C16H22ClN3O2. The first-order valence-electron chi connectivity index (χ1n) is 7.18. The Morgan fingerprint density at radius 1 is 1.18 bits per heavy atom. The molecule has 1 N–H and O–H groups in total. The summed E-state index contributed by atoms with van der Waals surface area (Å²) in [6.07, 6.45) is -1.43. The van der Waals surface area contributed by atoms with Crippen molar-refractivity contribution in [2.75, 3.05) is 0 Å². The van der Waals surface area contributed by atoms with E-state index in [-0.39, 0.29) is 5.41 Å². The van der Waals surface area contributed by atoms with Gasteiger partial charge < -0.3 is 9.84 Å². The second-order valence-corrected chi connectivity index (χ2v) is 6.86. The standard InChI is InChI=1S/C16H22ClN3O2/c1-10-18-11(2)20(19-10)15(14(21)16(3,4)5)22-13-8-6-12(17)7-9-13/h6-9,14-15,21H,1-5H3. The third kappa shape index (κ3) is 3.78. The number of aliphatic hydroxyl groups excluding tert-OH is 1. The highest BCUT2D eigenvalue weighted by atomic mass is 35.5. The topological polar surface area (TPSA) is 60.2 Å². The molecule has 2 aromatic rings. The second kappa shape index (κ2) is 6.26. The van der Waals surface area contributed by atoms with Crippen molar-refractivity contribution in [3.8, 4) is 5.75 Å². The molecule has 0 spiro atoms. The summed E-state index contributed by atoms with van der Waals surface area (Å²) in [6, 6.07) is 7.03. The van der Waals surface area contributed by atoms with Crippen LogP contribution in [0.25, 0.3) is 0 Å². The van der Waals surface area contributed by atoms with Crippen LogP contribution in [-0.4, -0.2) is 26.0 Å². The zero-order valence-electron chi connectivity index (χ0n) is 13.5. The second-order valence-electron chi connectivity index (χ2n) is 6.42. The molecule has 22 heavy (non-hydrogen) atoms. The van der Waals surface area contributed by atoms with Crippen molar-refractivity contribution >= 4 is 11.6 Å². The highest BCUT2D eigenvalue weighted by Crippen LogP contribution is 2.31. The Morgan fingerprint density at radius 3 is 2.23 bits per heavy atom. The average molecular weight is 324 g/mol. The normalized spacial score (nSPS) is 14.7. The third-order valence-electron chi connectivity index (χ3n) is 3.38. The first kappa shape index (κ1) is 16.8. The molecule has 2 rings (SSSR count). The summed E-state index contributed by atoms with van der Waals surface area (Å²) in [6.45, 7) is 9.51. The summed E-state index contributed by atoms with van der Waals surface area (Å²) < 4.78 is 7.61. The van der Waals surface area contributed by atoms with E-state index in [0.29, 0.717) is 22.4 Å². The van der Waals surface area contributed by atoms with Crippen molar-refractivity contribution in [1.82, 2.24) is 14.8 Å². The molecule has 0 bridgehead atoms. The van der Waals surface area contributed by atoms with Crippen LogP contribution in [0, 0.1) is 19.3 Å². The fraction of sp³-hybridized carbons (Fsp3) is 0.500. The molecule has 0 fully saturated rings. The Hall–Kier alpha value is -1.59. The average Bonchev–Trinajstić information content (AvgIpc) is 2.75. The summed E-state index contributed by atoms with van der Waals surface area (Å²) in [7, 11) is 0. The number of ether oxygens (including phenoxy) is 1. The van der Waals surface area contributed by atoms with Crippen LogP contribution < -0.4 is 4.74 Å². The van der Waals surface area contributed by atoms with Gasteiger partial charge in [-0.1, -0.05) is 32.4 Å². The molecule has 0 radical (unpaired) electrons. The molecule has 2 atom stereocenters. The quantitative estimate of drug-likeness (QED) is 0.935. The van der Waals surface area contributed by atoms with Crippen LogP contribution in [0.2, 0.25) is 5.02 Å². The lowest BCUT2D eigenvalue weighted by Crippen LogP contribution is -2.39. The minimum atomic E-state index is -0.761. The summed E-state index contributed by atoms with van der Waals surface area (Å²) in [5.74, 6) is 1.95. The van der Waals surface area contributed by atoms with Crippen molar-refractivity contribution in [3.63, 3.8) is 0 Å². The van der Waals surface area contributed by atoms with E-state index >= 15 is 0 Å². The van der Waals surface area contributed by atoms with Crippen molar-refractivity contribution in [2.24, 2.45) is 5.41 Å². The van der Waals surface area contributed by atoms with Crippen molar-refractivity contribution in [1.29, 1.82) is 0 Å². The molecule has 1 aromatic heterocycles. The van der Waals surface area contributed by atoms with Gasteiger partial charge in [0.25, 0.3) is 0 Å². The lowest BCUT2D eigenvalue weighted by atomic mass is 9.88. The van der Waals surface area contributed by atoms with Gasteiger partial charge in [-0.05, 0) is 43.5 Å². The van der Waals surface area contributed by atoms with Crippen LogP contribution in [0.15, 0.2) is 24.3 Å². The lowest BCUT2D eigenvalue weighted by Gasteiger charge is -2.33. The van der Waals surface area contributed by atoms with E-state index in [2.05, 4.69) is 10.1 Å². The van der Waals surface area contributed by atoms with E-state index < -0.39 is 12.3 Å². The van der Waals surface area contributed by atoms with Gasteiger partial charge >= 0.3 is 0 Å². The monoisotopic (exact) mass is 323 g/mol. The van der Waals surface area contributed by atoms with Crippen LogP contribution in [0.3, 0.4) is 0 Å².